The summed E-state index contributed by atoms with van der Waals surface area (Å²) < 4.78 is 4.69. The van der Waals surface area contributed by atoms with Gasteiger partial charge in [-0.05, 0) is 18.2 Å². The molecule has 0 aliphatic carbocycles. The van der Waals surface area contributed by atoms with Crippen molar-refractivity contribution in [3.63, 3.8) is 0 Å². The Balaban J connectivity index is 2.06. The SMILES string of the molecule is O=C1OC(=O)c2cc([N+](=O)[O-])c(Sc3ccccc3)c3cccc1c23. The molecule has 1 aliphatic heterocycles. The van der Waals surface area contributed by atoms with Gasteiger partial charge in [0, 0.05) is 21.7 Å². The predicted molar refractivity (Wildman–Crippen MR) is 90.9 cm³/mol. The van der Waals surface area contributed by atoms with Crippen molar-refractivity contribution in [1.82, 2.24) is 0 Å². The van der Waals surface area contributed by atoms with Crippen molar-refractivity contribution in [3.8, 4) is 0 Å². The van der Waals surface area contributed by atoms with E-state index in [1.54, 1.807) is 18.2 Å². The smallest absolute Gasteiger partial charge is 0.346 e. The average molecular weight is 351 g/mol. The maximum absolute atomic E-state index is 12.1. The summed E-state index contributed by atoms with van der Waals surface area (Å²) >= 11 is 1.22. The molecule has 0 fully saturated rings. The van der Waals surface area contributed by atoms with Crippen LogP contribution in [0.1, 0.15) is 20.7 Å². The first kappa shape index (κ1) is 15.3. The lowest BCUT2D eigenvalue weighted by Crippen LogP contribution is -2.20. The minimum absolute atomic E-state index is 0.0364. The first-order valence-electron chi connectivity index (χ1n) is 7.30. The fourth-order valence-corrected chi connectivity index (χ4v) is 3.87. The van der Waals surface area contributed by atoms with E-state index in [0.717, 1.165) is 4.90 Å². The number of nitro groups is 1. The number of hydrogen-bond donors (Lipinski definition) is 0. The molecule has 0 saturated carbocycles. The predicted octanol–water partition coefficient (Wildman–Crippen LogP) is 4.21. The Morgan fingerprint density at radius 3 is 2.36 bits per heavy atom. The average Bonchev–Trinajstić information content (AvgIpc) is 2.61. The lowest BCUT2D eigenvalue weighted by Gasteiger charge is -2.17. The van der Waals surface area contributed by atoms with Crippen molar-refractivity contribution >= 4 is 40.2 Å². The molecule has 7 heteroatoms. The molecule has 0 saturated heterocycles. The van der Waals surface area contributed by atoms with E-state index in [4.69, 9.17) is 0 Å². The Hall–Kier alpha value is -3.19. The molecule has 0 atom stereocenters. The second kappa shape index (κ2) is 5.71. The molecule has 0 radical (unpaired) electrons. The monoisotopic (exact) mass is 351 g/mol. The molecular formula is C18H9NO5S. The van der Waals surface area contributed by atoms with Gasteiger partial charge in [0.2, 0.25) is 0 Å². The maximum atomic E-state index is 12.1. The van der Waals surface area contributed by atoms with E-state index >= 15 is 0 Å². The van der Waals surface area contributed by atoms with Gasteiger partial charge in [-0.2, -0.15) is 0 Å². The Labute approximate surface area is 145 Å². The molecular weight excluding hydrogens is 342 g/mol. The van der Waals surface area contributed by atoms with Crippen LogP contribution in [0.5, 0.6) is 0 Å². The largest absolute Gasteiger partial charge is 0.386 e. The second-order valence-corrected chi connectivity index (χ2v) is 6.43. The highest BCUT2D eigenvalue weighted by Crippen LogP contribution is 2.43. The highest BCUT2D eigenvalue weighted by atomic mass is 32.2. The highest BCUT2D eigenvalue weighted by molar-refractivity contribution is 7.99. The quantitative estimate of drug-likeness (QED) is 0.304. The zero-order chi connectivity index (χ0) is 17.6. The molecule has 0 bridgehead atoms. The van der Waals surface area contributed by atoms with Crippen molar-refractivity contribution in [3.05, 3.63) is 75.8 Å². The summed E-state index contributed by atoms with van der Waals surface area (Å²) in [5, 5.41) is 12.5. The summed E-state index contributed by atoms with van der Waals surface area (Å²) in [6, 6.07) is 15.2. The molecule has 4 rings (SSSR count). The van der Waals surface area contributed by atoms with Crippen LogP contribution in [0.2, 0.25) is 0 Å². The van der Waals surface area contributed by atoms with Crippen LogP contribution in [-0.4, -0.2) is 16.9 Å². The van der Waals surface area contributed by atoms with Crippen LogP contribution in [0.3, 0.4) is 0 Å². The van der Waals surface area contributed by atoms with Gasteiger partial charge in [0.05, 0.1) is 20.9 Å². The minimum Gasteiger partial charge on any atom is -0.386 e. The number of carbonyl (C=O) groups is 2. The number of hydrogen-bond acceptors (Lipinski definition) is 6. The van der Waals surface area contributed by atoms with Crippen molar-refractivity contribution < 1.29 is 19.2 Å². The van der Waals surface area contributed by atoms with E-state index in [9.17, 15) is 19.7 Å². The van der Waals surface area contributed by atoms with E-state index < -0.39 is 16.9 Å². The van der Waals surface area contributed by atoms with Gasteiger partial charge in [0.25, 0.3) is 5.69 Å². The molecule has 0 spiro atoms. The van der Waals surface area contributed by atoms with E-state index in [1.165, 1.54) is 17.8 Å². The van der Waals surface area contributed by atoms with Crippen molar-refractivity contribution in [2.24, 2.45) is 0 Å². The van der Waals surface area contributed by atoms with E-state index in [1.807, 2.05) is 30.3 Å². The Bertz CT molecular complexity index is 1060. The van der Waals surface area contributed by atoms with Gasteiger partial charge >= 0.3 is 11.9 Å². The molecule has 3 aromatic carbocycles. The van der Waals surface area contributed by atoms with Crippen LogP contribution in [0, 0.1) is 10.1 Å². The number of benzene rings is 3. The van der Waals surface area contributed by atoms with Gasteiger partial charge in [-0.25, -0.2) is 9.59 Å². The van der Waals surface area contributed by atoms with Crippen molar-refractivity contribution in [2.75, 3.05) is 0 Å². The second-order valence-electron chi connectivity index (χ2n) is 5.35. The Morgan fingerprint density at radius 1 is 0.920 bits per heavy atom. The molecule has 0 N–H and O–H groups in total. The molecule has 122 valence electrons. The zero-order valence-corrected chi connectivity index (χ0v) is 13.4. The lowest BCUT2D eigenvalue weighted by atomic mass is 9.96. The van der Waals surface area contributed by atoms with Gasteiger partial charge in [-0.3, -0.25) is 10.1 Å². The van der Waals surface area contributed by atoms with Crippen LogP contribution < -0.4 is 0 Å². The first-order valence-corrected chi connectivity index (χ1v) is 8.11. The number of cyclic esters (lactones) is 2. The van der Waals surface area contributed by atoms with Gasteiger partial charge < -0.3 is 4.74 Å². The van der Waals surface area contributed by atoms with Crippen LogP contribution in [0.15, 0.2) is 64.4 Å². The summed E-state index contributed by atoms with van der Waals surface area (Å²) in [7, 11) is 0. The fourth-order valence-electron chi connectivity index (χ4n) is 2.82. The van der Waals surface area contributed by atoms with Crippen molar-refractivity contribution in [1.29, 1.82) is 0 Å². The first-order chi connectivity index (χ1) is 12.1. The summed E-state index contributed by atoms with van der Waals surface area (Å²) in [5.74, 6) is -1.61. The summed E-state index contributed by atoms with van der Waals surface area (Å²) in [6.07, 6.45) is 0. The molecule has 0 aromatic heterocycles. The van der Waals surface area contributed by atoms with Crippen LogP contribution in [-0.2, 0) is 4.74 Å². The van der Waals surface area contributed by atoms with Gasteiger partial charge in [-0.15, -0.1) is 0 Å². The summed E-state index contributed by atoms with van der Waals surface area (Å²) in [5.41, 5.74) is 0.0750. The van der Waals surface area contributed by atoms with Gasteiger partial charge in [-0.1, -0.05) is 42.1 Å². The molecule has 0 unspecified atom stereocenters. The topological polar surface area (TPSA) is 86.5 Å². The normalized spacial score (nSPS) is 13.0. The fraction of sp³-hybridized carbons (Fsp3) is 0. The molecule has 3 aromatic rings. The Morgan fingerprint density at radius 2 is 1.64 bits per heavy atom. The Kier molecular flexibility index (Phi) is 3.51. The highest BCUT2D eigenvalue weighted by Gasteiger charge is 2.32. The molecule has 0 amide bonds. The lowest BCUT2D eigenvalue weighted by molar-refractivity contribution is -0.387. The van der Waals surface area contributed by atoms with E-state index in [2.05, 4.69) is 4.74 Å². The third-order valence-corrected chi connectivity index (χ3v) is 5.02. The standard InChI is InChI=1S/C18H9NO5S/c20-17-12-8-4-7-11-15(12)13(18(21)24-17)9-14(19(22)23)16(11)25-10-5-2-1-3-6-10/h1-9H. The molecule has 25 heavy (non-hydrogen) atoms. The van der Waals surface area contributed by atoms with Gasteiger partial charge in [0.15, 0.2) is 0 Å². The van der Waals surface area contributed by atoms with E-state index in [-0.39, 0.29) is 16.8 Å². The number of carbonyl (C=O) groups excluding carboxylic acids is 2. The molecule has 6 nitrogen and oxygen atoms in total. The van der Waals surface area contributed by atoms with E-state index in [0.29, 0.717) is 15.7 Å². The number of nitrogens with zero attached hydrogens (tertiary/aromatic N) is 1. The van der Waals surface area contributed by atoms with Crippen LogP contribution in [0.25, 0.3) is 10.8 Å². The number of nitro benzene ring substituents is 1. The van der Waals surface area contributed by atoms with Gasteiger partial charge in [0.1, 0.15) is 0 Å². The summed E-state index contributed by atoms with van der Waals surface area (Å²) in [4.78, 5) is 36.3. The molecule has 1 aliphatic rings. The van der Waals surface area contributed by atoms with Crippen LogP contribution in [0.4, 0.5) is 5.69 Å². The number of ether oxygens (including phenoxy) is 1. The third kappa shape index (κ3) is 2.45. The number of rotatable bonds is 3. The minimum atomic E-state index is -0.868. The zero-order valence-electron chi connectivity index (χ0n) is 12.6. The summed E-state index contributed by atoms with van der Waals surface area (Å²) in [6.45, 7) is 0. The third-order valence-electron chi connectivity index (χ3n) is 3.88. The van der Waals surface area contributed by atoms with Crippen LogP contribution >= 0.6 is 11.8 Å². The van der Waals surface area contributed by atoms with Crippen molar-refractivity contribution in [2.45, 2.75) is 9.79 Å². The maximum Gasteiger partial charge on any atom is 0.346 e. The molecule has 1 heterocycles. The number of esters is 2.